The van der Waals surface area contributed by atoms with Gasteiger partial charge in [0.2, 0.25) is 0 Å². The molecule has 2 aromatic rings. The Bertz CT molecular complexity index is 820. The fourth-order valence-electron chi connectivity index (χ4n) is 2.62. The summed E-state index contributed by atoms with van der Waals surface area (Å²) >= 11 is 0. The topological polar surface area (TPSA) is 106 Å². The number of nitrogens with zero attached hydrogens (tertiary/aromatic N) is 4. The average Bonchev–Trinajstić information content (AvgIpc) is 3.07. The lowest BCUT2D eigenvalue weighted by atomic mass is 10.1. The van der Waals surface area contributed by atoms with Crippen LogP contribution in [0.3, 0.4) is 0 Å². The van der Waals surface area contributed by atoms with Gasteiger partial charge >= 0.3 is 6.61 Å². The molecule has 0 amide bonds. The number of halogens is 3. The zero-order valence-corrected chi connectivity index (χ0v) is 20.8. The summed E-state index contributed by atoms with van der Waals surface area (Å²) in [6.45, 7) is 3.34. The molecule has 0 fully saturated rings. The van der Waals surface area contributed by atoms with Crippen LogP contribution in [0, 0.1) is 6.92 Å². The van der Waals surface area contributed by atoms with Gasteiger partial charge in [-0.1, -0.05) is 12.1 Å². The van der Waals surface area contributed by atoms with Crippen molar-refractivity contribution in [3.8, 4) is 5.75 Å². The van der Waals surface area contributed by atoms with E-state index >= 15 is 0 Å². The molecule has 2 rings (SSSR count). The van der Waals surface area contributed by atoms with Crippen molar-refractivity contribution >= 4 is 29.9 Å². The number of rotatable bonds is 12. The fraction of sp³-hybridized carbons (Fsp3) is 0.550. The van der Waals surface area contributed by atoms with E-state index in [2.05, 4.69) is 30.6 Å². The van der Waals surface area contributed by atoms with Gasteiger partial charge in [0.05, 0.1) is 6.10 Å². The van der Waals surface area contributed by atoms with E-state index in [4.69, 9.17) is 4.74 Å². The number of aliphatic hydroxyl groups excluding tert-OH is 1. The summed E-state index contributed by atoms with van der Waals surface area (Å²) in [5.74, 6) is 2.05. The van der Waals surface area contributed by atoms with E-state index in [1.54, 1.807) is 12.1 Å². The maximum absolute atomic E-state index is 12.3. The van der Waals surface area contributed by atoms with Crippen molar-refractivity contribution in [1.29, 1.82) is 0 Å². The molecule has 180 valence electrons. The summed E-state index contributed by atoms with van der Waals surface area (Å²) in [6.07, 6.45) is -0.0701. The van der Waals surface area contributed by atoms with Gasteiger partial charge in [0.15, 0.2) is 11.8 Å². The van der Waals surface area contributed by atoms with Gasteiger partial charge in [-0.2, -0.15) is 8.78 Å². The smallest absolute Gasteiger partial charge is 0.387 e. The summed E-state index contributed by atoms with van der Waals surface area (Å²) in [7, 11) is 1.87. The number of nitrogens with one attached hydrogen (secondary N) is 2. The second-order valence-electron chi connectivity index (χ2n) is 6.71. The molecule has 0 saturated carbocycles. The highest BCUT2D eigenvalue weighted by molar-refractivity contribution is 14.0. The van der Waals surface area contributed by atoms with Crippen LogP contribution in [-0.2, 0) is 18.3 Å². The van der Waals surface area contributed by atoms with Crippen molar-refractivity contribution in [3.05, 3.63) is 41.5 Å². The first-order valence-electron chi connectivity index (χ1n) is 10.1. The third-order valence-electron chi connectivity index (χ3n) is 4.48. The molecule has 1 aromatic heterocycles. The maximum atomic E-state index is 12.3. The molecule has 0 bridgehead atoms. The minimum atomic E-state index is -2.89. The van der Waals surface area contributed by atoms with Gasteiger partial charge < -0.3 is 29.8 Å². The van der Waals surface area contributed by atoms with Gasteiger partial charge in [0, 0.05) is 33.4 Å². The average molecular weight is 568 g/mol. The molecule has 1 atom stereocenters. The molecular weight excluding hydrogens is 537 g/mol. The Kier molecular flexibility index (Phi) is 13.0. The first-order valence-corrected chi connectivity index (χ1v) is 10.1. The number of hydrogen-bond acceptors (Lipinski definition) is 6. The molecule has 1 heterocycles. The van der Waals surface area contributed by atoms with Crippen LogP contribution in [0.25, 0.3) is 0 Å². The molecule has 0 aliphatic carbocycles. The molecule has 0 radical (unpaired) electrons. The lowest BCUT2D eigenvalue weighted by Gasteiger charge is -2.16. The highest BCUT2D eigenvalue weighted by Gasteiger charge is 2.11. The minimum absolute atomic E-state index is 0. The van der Waals surface area contributed by atoms with Gasteiger partial charge in [0.25, 0.3) is 0 Å². The van der Waals surface area contributed by atoms with Crippen LogP contribution in [0.15, 0.2) is 29.3 Å². The van der Waals surface area contributed by atoms with Crippen molar-refractivity contribution in [2.24, 2.45) is 12.0 Å². The predicted octanol–water partition coefficient (Wildman–Crippen LogP) is 2.54. The standard InChI is InChI=1S/C20H30F2N6O3.HI/c1-4-30-11-5-10-23-20(25-13-18-27-26-14(2)28(18)3)24-12-17(29)15-6-8-16(9-7-15)31-19(21)22;/h6-9,17,19,29H,4-5,10-13H2,1-3H3,(H2,23,24,25);1H. The van der Waals surface area contributed by atoms with E-state index < -0.39 is 12.7 Å². The van der Waals surface area contributed by atoms with Gasteiger partial charge in [0.1, 0.15) is 18.1 Å². The van der Waals surface area contributed by atoms with Crippen molar-refractivity contribution in [1.82, 2.24) is 25.4 Å². The number of aromatic nitrogens is 3. The Labute approximate surface area is 203 Å². The maximum Gasteiger partial charge on any atom is 0.387 e. The van der Waals surface area contributed by atoms with Crippen molar-refractivity contribution in [2.45, 2.75) is 39.5 Å². The summed E-state index contributed by atoms with van der Waals surface area (Å²) in [5.41, 5.74) is 0.564. The van der Waals surface area contributed by atoms with Crippen LogP contribution in [0.2, 0.25) is 0 Å². The largest absolute Gasteiger partial charge is 0.435 e. The van der Waals surface area contributed by atoms with E-state index in [0.29, 0.717) is 43.7 Å². The highest BCUT2D eigenvalue weighted by Crippen LogP contribution is 2.19. The zero-order valence-electron chi connectivity index (χ0n) is 18.4. The van der Waals surface area contributed by atoms with Crippen LogP contribution < -0.4 is 15.4 Å². The van der Waals surface area contributed by atoms with Crippen LogP contribution in [0.4, 0.5) is 8.78 Å². The van der Waals surface area contributed by atoms with E-state index in [1.807, 2.05) is 25.5 Å². The van der Waals surface area contributed by atoms with Crippen LogP contribution in [-0.4, -0.2) is 58.7 Å². The number of aliphatic imine (C=N–C) groups is 1. The summed E-state index contributed by atoms with van der Waals surface area (Å²) in [6, 6.07) is 5.86. The normalized spacial score (nSPS) is 12.4. The number of benzene rings is 1. The quantitative estimate of drug-likeness (QED) is 0.157. The second-order valence-corrected chi connectivity index (χ2v) is 6.71. The monoisotopic (exact) mass is 568 g/mol. The second kappa shape index (κ2) is 14.9. The van der Waals surface area contributed by atoms with Crippen LogP contribution in [0.5, 0.6) is 5.75 Å². The Hall–Kier alpha value is -2.06. The fourth-order valence-corrected chi connectivity index (χ4v) is 2.62. The molecule has 1 unspecified atom stereocenters. The van der Waals surface area contributed by atoms with E-state index in [9.17, 15) is 13.9 Å². The Morgan fingerprint density at radius 1 is 1.22 bits per heavy atom. The Morgan fingerprint density at radius 3 is 2.53 bits per heavy atom. The van der Waals surface area contributed by atoms with Crippen molar-refractivity contribution in [2.75, 3.05) is 26.3 Å². The third kappa shape index (κ3) is 9.61. The SMILES string of the molecule is CCOCCCNC(=NCc1nnc(C)n1C)NCC(O)c1ccc(OC(F)F)cc1.I. The molecule has 0 aliphatic heterocycles. The number of aryl methyl sites for hydroxylation is 1. The van der Waals surface area contributed by atoms with Gasteiger partial charge in [-0.05, 0) is 38.0 Å². The van der Waals surface area contributed by atoms with Crippen LogP contribution in [0.1, 0.15) is 36.7 Å². The minimum Gasteiger partial charge on any atom is -0.435 e. The summed E-state index contributed by atoms with van der Waals surface area (Å²) in [5, 5.41) is 24.8. The first kappa shape index (κ1) is 28.0. The van der Waals surface area contributed by atoms with Crippen LogP contribution >= 0.6 is 24.0 Å². The molecule has 1 aromatic carbocycles. The zero-order chi connectivity index (χ0) is 22.6. The van der Waals surface area contributed by atoms with E-state index in [-0.39, 0.29) is 36.3 Å². The molecular formula is C20H31F2IN6O3. The number of alkyl halides is 2. The molecule has 3 N–H and O–H groups in total. The Morgan fingerprint density at radius 2 is 1.94 bits per heavy atom. The van der Waals surface area contributed by atoms with Gasteiger partial charge in [-0.25, -0.2) is 4.99 Å². The molecule has 0 spiro atoms. The predicted molar refractivity (Wildman–Crippen MR) is 127 cm³/mol. The summed E-state index contributed by atoms with van der Waals surface area (Å²) < 4.78 is 36.0. The lowest BCUT2D eigenvalue weighted by molar-refractivity contribution is -0.0498. The van der Waals surface area contributed by atoms with Crippen molar-refractivity contribution < 1.29 is 23.4 Å². The number of ether oxygens (including phenoxy) is 2. The molecule has 9 nitrogen and oxygen atoms in total. The summed E-state index contributed by atoms with van der Waals surface area (Å²) in [4.78, 5) is 4.51. The molecule has 0 saturated heterocycles. The van der Waals surface area contributed by atoms with E-state index in [0.717, 1.165) is 12.2 Å². The first-order chi connectivity index (χ1) is 14.9. The van der Waals surface area contributed by atoms with Crippen molar-refractivity contribution in [3.63, 3.8) is 0 Å². The number of aliphatic hydroxyl groups is 1. The lowest BCUT2D eigenvalue weighted by Crippen LogP contribution is -2.40. The Balaban J connectivity index is 0.00000512. The molecule has 32 heavy (non-hydrogen) atoms. The third-order valence-corrected chi connectivity index (χ3v) is 4.48. The van der Waals surface area contributed by atoms with Gasteiger partial charge in [-0.3, -0.25) is 0 Å². The molecule has 0 aliphatic rings. The molecule has 12 heteroatoms. The van der Waals surface area contributed by atoms with Gasteiger partial charge in [-0.15, -0.1) is 34.2 Å². The number of guanidine groups is 1. The highest BCUT2D eigenvalue weighted by atomic mass is 127. The van der Waals surface area contributed by atoms with E-state index in [1.165, 1.54) is 12.1 Å². The number of hydrogen-bond donors (Lipinski definition) is 3.